The molecule has 1 aliphatic carbocycles. The predicted octanol–water partition coefficient (Wildman–Crippen LogP) is 2.96. The van der Waals surface area contributed by atoms with Gasteiger partial charge >= 0.3 is 5.97 Å². The summed E-state index contributed by atoms with van der Waals surface area (Å²) < 4.78 is 0.231. The van der Waals surface area contributed by atoms with Gasteiger partial charge in [-0.25, -0.2) is 14.8 Å². The Kier molecular flexibility index (Phi) is 4.86. The van der Waals surface area contributed by atoms with Crippen LogP contribution in [0.15, 0.2) is 6.07 Å². The Bertz CT molecular complexity index is 487. The molecule has 0 aliphatic heterocycles. The fraction of sp³-hybridized carbons (Fsp3) is 0.643. The van der Waals surface area contributed by atoms with Gasteiger partial charge in [0.2, 0.25) is 5.95 Å². The van der Waals surface area contributed by atoms with Crippen LogP contribution in [0.4, 0.5) is 5.95 Å². The molecule has 0 radical (unpaired) electrons. The van der Waals surface area contributed by atoms with E-state index < -0.39 is 5.97 Å². The molecule has 0 amide bonds. The molecule has 0 aromatic carbocycles. The van der Waals surface area contributed by atoms with E-state index in [4.69, 9.17) is 5.11 Å². The van der Waals surface area contributed by atoms with Crippen molar-refractivity contribution >= 4 is 23.7 Å². The van der Waals surface area contributed by atoms with Gasteiger partial charge in [0.15, 0.2) is 5.69 Å². The number of thioether (sulfide) groups is 1. The fourth-order valence-corrected chi connectivity index (χ4v) is 3.56. The number of hydrogen-bond donors (Lipinski definition) is 2. The average Bonchev–Trinajstić information content (AvgIpc) is 2.45. The van der Waals surface area contributed by atoms with Gasteiger partial charge < -0.3 is 10.4 Å². The Balaban J connectivity index is 2.07. The first-order valence-corrected chi connectivity index (χ1v) is 8.15. The van der Waals surface area contributed by atoms with E-state index in [1.807, 2.05) is 11.8 Å². The van der Waals surface area contributed by atoms with Crippen molar-refractivity contribution in [2.75, 3.05) is 18.1 Å². The van der Waals surface area contributed by atoms with Gasteiger partial charge in [0.05, 0.1) is 0 Å². The highest BCUT2D eigenvalue weighted by Gasteiger charge is 2.31. The van der Waals surface area contributed by atoms with Crippen LogP contribution in [-0.2, 0) is 0 Å². The lowest BCUT2D eigenvalue weighted by Crippen LogP contribution is -2.36. The third-order valence-corrected chi connectivity index (χ3v) is 5.26. The summed E-state index contributed by atoms with van der Waals surface area (Å²) in [6.45, 7) is 2.57. The van der Waals surface area contributed by atoms with E-state index >= 15 is 0 Å². The summed E-state index contributed by atoms with van der Waals surface area (Å²) >= 11 is 1.89. The number of aromatic carboxylic acids is 1. The molecule has 0 spiro atoms. The monoisotopic (exact) mass is 295 g/mol. The van der Waals surface area contributed by atoms with Crippen molar-refractivity contribution in [3.63, 3.8) is 0 Å². The molecular formula is C14H21N3O2S. The van der Waals surface area contributed by atoms with Crippen LogP contribution >= 0.6 is 11.8 Å². The summed E-state index contributed by atoms with van der Waals surface area (Å²) in [5.41, 5.74) is 0.712. The molecule has 6 heteroatoms. The van der Waals surface area contributed by atoms with E-state index in [-0.39, 0.29) is 10.4 Å². The summed E-state index contributed by atoms with van der Waals surface area (Å²) in [5, 5.41) is 12.3. The van der Waals surface area contributed by atoms with Gasteiger partial charge in [-0.15, -0.1) is 0 Å². The summed E-state index contributed by atoms with van der Waals surface area (Å²) in [6.07, 6.45) is 8.37. The number of aromatic nitrogens is 2. The van der Waals surface area contributed by atoms with E-state index in [0.717, 1.165) is 6.54 Å². The quantitative estimate of drug-likeness (QED) is 0.870. The SMILES string of the molecule is CSC1(CNc2nc(C)cc(C(=O)O)n2)CCCCC1. The third-order valence-electron chi connectivity index (χ3n) is 3.84. The molecule has 0 unspecified atom stereocenters. The van der Waals surface area contributed by atoms with Crippen LogP contribution in [-0.4, -0.2) is 38.6 Å². The summed E-state index contributed by atoms with van der Waals surface area (Å²) in [6, 6.07) is 1.48. The van der Waals surface area contributed by atoms with E-state index in [0.29, 0.717) is 11.6 Å². The second-order valence-corrected chi connectivity index (χ2v) is 6.60. The third kappa shape index (κ3) is 3.62. The Morgan fingerprint density at radius 1 is 1.40 bits per heavy atom. The lowest BCUT2D eigenvalue weighted by atomic mass is 9.88. The molecule has 1 aromatic rings. The smallest absolute Gasteiger partial charge is 0.354 e. The molecule has 0 bridgehead atoms. The first-order chi connectivity index (χ1) is 9.54. The Hall–Kier alpha value is -1.30. The van der Waals surface area contributed by atoms with Crippen LogP contribution in [0, 0.1) is 6.92 Å². The first-order valence-electron chi connectivity index (χ1n) is 6.93. The van der Waals surface area contributed by atoms with Gasteiger partial charge in [-0.05, 0) is 32.1 Å². The molecule has 1 fully saturated rings. The molecule has 110 valence electrons. The second kappa shape index (κ2) is 6.43. The van der Waals surface area contributed by atoms with Gasteiger partial charge in [-0.1, -0.05) is 19.3 Å². The standard InChI is InChI=1S/C14H21N3O2S/c1-10-8-11(12(18)19)17-13(16-10)15-9-14(20-2)6-4-3-5-7-14/h8H,3-7,9H2,1-2H3,(H,18,19)(H,15,16,17). The molecule has 1 aromatic heterocycles. The number of carbonyl (C=O) groups is 1. The van der Waals surface area contributed by atoms with Gasteiger partial charge in [0, 0.05) is 17.0 Å². The number of anilines is 1. The number of nitrogens with zero attached hydrogens (tertiary/aromatic N) is 2. The van der Waals surface area contributed by atoms with Crippen LogP contribution in [0.5, 0.6) is 0 Å². The first kappa shape index (κ1) is 15.1. The number of hydrogen-bond acceptors (Lipinski definition) is 5. The normalized spacial score (nSPS) is 17.7. The van der Waals surface area contributed by atoms with Gasteiger partial charge in [-0.2, -0.15) is 11.8 Å². The van der Waals surface area contributed by atoms with Gasteiger partial charge in [0.1, 0.15) is 0 Å². The second-order valence-electron chi connectivity index (χ2n) is 5.32. The van der Waals surface area contributed by atoms with Gasteiger partial charge in [0.25, 0.3) is 0 Å². The topological polar surface area (TPSA) is 75.1 Å². The maximum Gasteiger partial charge on any atom is 0.354 e. The highest BCUT2D eigenvalue weighted by molar-refractivity contribution is 8.00. The summed E-state index contributed by atoms with van der Waals surface area (Å²) in [5.74, 6) is -0.600. The van der Waals surface area contributed by atoms with Gasteiger partial charge in [-0.3, -0.25) is 0 Å². The number of rotatable bonds is 5. The molecule has 1 aliphatic rings. The van der Waals surface area contributed by atoms with E-state index in [1.165, 1.54) is 38.2 Å². The average molecular weight is 295 g/mol. The van der Waals surface area contributed by atoms with Crippen molar-refractivity contribution in [2.45, 2.75) is 43.8 Å². The molecule has 2 rings (SSSR count). The van der Waals surface area contributed by atoms with E-state index in [1.54, 1.807) is 6.92 Å². The maximum atomic E-state index is 11.0. The Morgan fingerprint density at radius 3 is 2.70 bits per heavy atom. The molecule has 0 atom stereocenters. The minimum absolute atomic E-state index is 0.0434. The van der Waals surface area contributed by atoms with Crippen LogP contribution in [0.1, 0.15) is 48.3 Å². The molecule has 20 heavy (non-hydrogen) atoms. The van der Waals surface area contributed by atoms with Crippen LogP contribution in [0.3, 0.4) is 0 Å². The number of carboxylic acid groups (broad SMARTS) is 1. The van der Waals surface area contributed by atoms with Crippen molar-refractivity contribution in [3.05, 3.63) is 17.5 Å². The van der Waals surface area contributed by atoms with E-state index in [9.17, 15) is 4.79 Å². The minimum Gasteiger partial charge on any atom is -0.477 e. The highest BCUT2D eigenvalue weighted by atomic mass is 32.2. The van der Waals surface area contributed by atoms with Crippen molar-refractivity contribution in [2.24, 2.45) is 0 Å². The van der Waals surface area contributed by atoms with Crippen molar-refractivity contribution in [1.29, 1.82) is 0 Å². The molecule has 2 N–H and O–H groups in total. The van der Waals surface area contributed by atoms with Crippen molar-refractivity contribution in [3.8, 4) is 0 Å². The molecular weight excluding hydrogens is 274 g/mol. The molecule has 1 heterocycles. The lowest BCUT2D eigenvalue weighted by Gasteiger charge is -2.35. The number of nitrogens with one attached hydrogen (secondary N) is 1. The lowest BCUT2D eigenvalue weighted by molar-refractivity contribution is 0.0690. The zero-order chi connectivity index (χ0) is 14.6. The van der Waals surface area contributed by atoms with E-state index in [2.05, 4.69) is 21.5 Å². The zero-order valence-electron chi connectivity index (χ0n) is 12.0. The minimum atomic E-state index is -1.02. The van der Waals surface area contributed by atoms with Crippen LogP contribution < -0.4 is 5.32 Å². The van der Waals surface area contributed by atoms with Crippen LogP contribution in [0.2, 0.25) is 0 Å². The fourth-order valence-electron chi connectivity index (χ4n) is 2.65. The maximum absolute atomic E-state index is 11.0. The number of aryl methyl sites for hydroxylation is 1. The molecule has 5 nitrogen and oxygen atoms in total. The van der Waals surface area contributed by atoms with Crippen LogP contribution in [0.25, 0.3) is 0 Å². The Labute approximate surface area is 123 Å². The predicted molar refractivity (Wildman–Crippen MR) is 81.5 cm³/mol. The number of carboxylic acids is 1. The van der Waals surface area contributed by atoms with Crippen molar-refractivity contribution < 1.29 is 9.90 Å². The molecule has 0 saturated heterocycles. The highest BCUT2D eigenvalue weighted by Crippen LogP contribution is 2.38. The zero-order valence-corrected chi connectivity index (χ0v) is 12.8. The largest absolute Gasteiger partial charge is 0.477 e. The summed E-state index contributed by atoms with van der Waals surface area (Å²) in [4.78, 5) is 19.3. The summed E-state index contributed by atoms with van der Waals surface area (Å²) in [7, 11) is 0. The Morgan fingerprint density at radius 2 is 2.10 bits per heavy atom. The molecule has 1 saturated carbocycles. The van der Waals surface area contributed by atoms with Crippen molar-refractivity contribution in [1.82, 2.24) is 9.97 Å².